The number of halogens is 1. The molecule has 0 saturated carbocycles. The SMILES string of the molecule is Cc1cc(C(=O)O)ccc1-n1c(C)cc(C=Nn2c(-c3cc4cc(Cl)ccc4o3)nc3ccccc3c2=O)c1C. The van der Waals surface area contributed by atoms with Crippen LogP contribution in [-0.4, -0.2) is 31.5 Å². The van der Waals surface area contributed by atoms with Gasteiger partial charge >= 0.3 is 5.97 Å². The second-order valence-electron chi connectivity index (χ2n) is 9.58. The smallest absolute Gasteiger partial charge is 0.335 e. The van der Waals surface area contributed by atoms with E-state index in [9.17, 15) is 14.7 Å². The molecule has 3 aromatic heterocycles. The van der Waals surface area contributed by atoms with E-state index in [4.69, 9.17) is 21.0 Å². The highest BCUT2D eigenvalue weighted by Gasteiger charge is 2.18. The molecule has 0 unspecified atom stereocenters. The Morgan fingerprint density at radius 2 is 1.82 bits per heavy atom. The first-order valence-electron chi connectivity index (χ1n) is 12.5. The lowest BCUT2D eigenvalue weighted by Crippen LogP contribution is -2.20. The quantitative estimate of drug-likeness (QED) is 0.239. The van der Waals surface area contributed by atoms with Crippen molar-refractivity contribution in [3.8, 4) is 17.3 Å². The van der Waals surface area contributed by atoms with E-state index < -0.39 is 5.97 Å². The van der Waals surface area contributed by atoms with Crippen molar-refractivity contribution in [3.63, 3.8) is 0 Å². The van der Waals surface area contributed by atoms with Crippen molar-refractivity contribution in [2.24, 2.45) is 5.10 Å². The number of fused-ring (bicyclic) bond motifs is 2. The Kier molecular flexibility index (Phi) is 6.12. The Balaban J connectivity index is 1.49. The summed E-state index contributed by atoms with van der Waals surface area (Å²) < 4.78 is 9.34. The lowest BCUT2D eigenvalue weighted by atomic mass is 10.1. The molecule has 3 aromatic carbocycles. The summed E-state index contributed by atoms with van der Waals surface area (Å²) >= 11 is 6.17. The number of carbonyl (C=O) groups is 1. The minimum absolute atomic E-state index is 0.231. The van der Waals surface area contributed by atoms with Crippen LogP contribution in [0, 0.1) is 20.8 Å². The topological polar surface area (TPSA) is 103 Å². The van der Waals surface area contributed by atoms with Crippen LogP contribution in [0.4, 0.5) is 0 Å². The summed E-state index contributed by atoms with van der Waals surface area (Å²) in [5.41, 5.74) is 5.35. The molecule has 0 aliphatic carbocycles. The normalized spacial score (nSPS) is 11.7. The van der Waals surface area contributed by atoms with Crippen LogP contribution in [-0.2, 0) is 0 Å². The van der Waals surface area contributed by atoms with E-state index in [2.05, 4.69) is 5.10 Å². The van der Waals surface area contributed by atoms with E-state index in [0.717, 1.165) is 33.6 Å². The van der Waals surface area contributed by atoms with E-state index in [1.807, 2.05) is 37.5 Å². The van der Waals surface area contributed by atoms with Crippen molar-refractivity contribution >= 4 is 45.7 Å². The van der Waals surface area contributed by atoms with Gasteiger partial charge in [-0.15, -0.1) is 0 Å². The fraction of sp³-hybridized carbons (Fsp3) is 0.0968. The van der Waals surface area contributed by atoms with Crippen molar-refractivity contribution in [2.45, 2.75) is 20.8 Å². The molecule has 1 N–H and O–H groups in total. The molecule has 0 spiro atoms. The van der Waals surface area contributed by atoms with Crippen LogP contribution >= 0.6 is 11.6 Å². The van der Waals surface area contributed by atoms with Crippen molar-refractivity contribution < 1.29 is 14.3 Å². The molecule has 0 saturated heterocycles. The largest absolute Gasteiger partial charge is 0.478 e. The van der Waals surface area contributed by atoms with Crippen LogP contribution in [0.1, 0.15) is 32.9 Å². The summed E-state index contributed by atoms with van der Waals surface area (Å²) in [7, 11) is 0. The van der Waals surface area contributed by atoms with Gasteiger partial charge in [0, 0.05) is 33.0 Å². The Morgan fingerprint density at radius 1 is 1.02 bits per heavy atom. The van der Waals surface area contributed by atoms with Crippen LogP contribution in [0.15, 0.2) is 87.1 Å². The van der Waals surface area contributed by atoms with Gasteiger partial charge in [-0.25, -0.2) is 9.78 Å². The summed E-state index contributed by atoms with van der Waals surface area (Å²) in [4.78, 5) is 29.7. The molecule has 8 nitrogen and oxygen atoms in total. The Labute approximate surface area is 233 Å². The Bertz CT molecular complexity index is 2070. The number of aryl methyl sites for hydroxylation is 2. The third-order valence-corrected chi connectivity index (χ3v) is 7.15. The maximum Gasteiger partial charge on any atom is 0.335 e. The minimum Gasteiger partial charge on any atom is -0.478 e. The standard InChI is InChI=1S/C31H23ClN4O4/c1-17-12-20(31(38)39)8-10-26(17)35-18(2)13-22(19(35)3)16-33-36-29(34-25-7-5-4-6-24(25)30(36)37)28-15-21-14-23(32)9-11-27(21)40-28/h4-16H,1-3H3,(H,38,39). The van der Waals surface area contributed by atoms with E-state index in [0.29, 0.717) is 27.3 Å². The lowest BCUT2D eigenvalue weighted by molar-refractivity contribution is 0.0696. The molecule has 3 heterocycles. The van der Waals surface area contributed by atoms with Crippen molar-refractivity contribution in [1.29, 1.82) is 0 Å². The third-order valence-electron chi connectivity index (χ3n) is 6.92. The molecule has 0 aliphatic rings. The maximum atomic E-state index is 13.6. The van der Waals surface area contributed by atoms with Gasteiger partial charge in [0.15, 0.2) is 5.76 Å². The molecular weight excluding hydrogens is 528 g/mol. The first kappa shape index (κ1) is 25.3. The number of carboxylic acids is 1. The number of benzene rings is 3. The number of rotatable bonds is 5. The van der Waals surface area contributed by atoms with E-state index in [1.165, 1.54) is 4.68 Å². The molecule has 40 heavy (non-hydrogen) atoms. The van der Waals surface area contributed by atoms with Crippen molar-refractivity contribution in [3.05, 3.63) is 116 Å². The average molecular weight is 551 g/mol. The average Bonchev–Trinajstić information content (AvgIpc) is 3.47. The monoisotopic (exact) mass is 550 g/mol. The van der Waals surface area contributed by atoms with Crippen LogP contribution in [0.5, 0.6) is 0 Å². The first-order valence-corrected chi connectivity index (χ1v) is 12.9. The zero-order valence-electron chi connectivity index (χ0n) is 21.8. The molecule has 9 heteroatoms. The van der Waals surface area contributed by atoms with Gasteiger partial charge in [-0.2, -0.15) is 9.78 Å². The molecule has 198 valence electrons. The number of furan rings is 1. The maximum absolute atomic E-state index is 13.6. The van der Waals surface area contributed by atoms with Gasteiger partial charge in [0.2, 0.25) is 5.82 Å². The van der Waals surface area contributed by atoms with E-state index in [-0.39, 0.29) is 16.9 Å². The summed E-state index contributed by atoms with van der Waals surface area (Å²) in [6.45, 7) is 5.79. The fourth-order valence-electron chi connectivity index (χ4n) is 4.96. The predicted octanol–water partition coefficient (Wildman–Crippen LogP) is 6.76. The van der Waals surface area contributed by atoms with E-state index >= 15 is 0 Å². The van der Waals surface area contributed by atoms with Crippen molar-refractivity contribution in [1.82, 2.24) is 14.2 Å². The molecule has 0 radical (unpaired) electrons. The molecule has 6 aromatic rings. The van der Waals surface area contributed by atoms with Crippen LogP contribution < -0.4 is 5.56 Å². The van der Waals surface area contributed by atoms with E-state index in [1.54, 1.807) is 66.9 Å². The number of hydrogen-bond donors (Lipinski definition) is 1. The second kappa shape index (κ2) is 9.66. The Hall–Kier alpha value is -4.95. The summed E-state index contributed by atoms with van der Waals surface area (Å²) in [6.07, 6.45) is 1.63. The highest BCUT2D eigenvalue weighted by molar-refractivity contribution is 6.31. The zero-order chi connectivity index (χ0) is 28.1. The molecule has 0 fully saturated rings. The van der Waals surface area contributed by atoms with Gasteiger partial charge < -0.3 is 14.1 Å². The fourth-order valence-corrected chi connectivity index (χ4v) is 5.14. The highest BCUT2D eigenvalue weighted by Crippen LogP contribution is 2.29. The molecule has 0 bridgehead atoms. The Morgan fingerprint density at radius 3 is 2.60 bits per heavy atom. The molecule has 0 atom stereocenters. The molecule has 6 rings (SSSR count). The summed E-state index contributed by atoms with van der Waals surface area (Å²) in [5, 5.41) is 15.7. The zero-order valence-corrected chi connectivity index (χ0v) is 22.6. The van der Waals surface area contributed by atoms with Gasteiger partial charge in [-0.3, -0.25) is 4.79 Å². The predicted molar refractivity (Wildman–Crippen MR) is 156 cm³/mol. The number of carboxylic acid groups (broad SMARTS) is 1. The molecule has 0 amide bonds. The van der Waals surface area contributed by atoms with Gasteiger partial charge in [0.05, 0.1) is 22.7 Å². The number of para-hydroxylation sites is 1. The molecule has 0 aliphatic heterocycles. The van der Waals surface area contributed by atoms with Crippen LogP contribution in [0.3, 0.4) is 0 Å². The van der Waals surface area contributed by atoms with Crippen LogP contribution in [0.2, 0.25) is 5.02 Å². The minimum atomic E-state index is -0.971. The number of aromatic nitrogens is 3. The van der Waals surface area contributed by atoms with Crippen molar-refractivity contribution in [2.75, 3.05) is 0 Å². The number of hydrogen-bond acceptors (Lipinski definition) is 5. The second-order valence-corrected chi connectivity index (χ2v) is 10.0. The molecular formula is C31H23ClN4O4. The highest BCUT2D eigenvalue weighted by atomic mass is 35.5. The summed E-state index contributed by atoms with van der Waals surface area (Å²) in [6, 6.07) is 21.2. The van der Waals surface area contributed by atoms with Gasteiger partial charge in [0.25, 0.3) is 5.56 Å². The van der Waals surface area contributed by atoms with Gasteiger partial charge in [0.1, 0.15) is 5.58 Å². The lowest BCUT2D eigenvalue weighted by Gasteiger charge is -2.13. The van der Waals surface area contributed by atoms with Gasteiger partial charge in [-0.05, 0) is 87.0 Å². The third kappa shape index (κ3) is 4.28. The summed E-state index contributed by atoms with van der Waals surface area (Å²) in [5.74, 6) is -0.320. The number of nitrogens with zero attached hydrogens (tertiary/aromatic N) is 4. The van der Waals surface area contributed by atoms with Gasteiger partial charge in [-0.1, -0.05) is 23.7 Å². The first-order chi connectivity index (χ1) is 19.2. The number of aromatic carboxylic acids is 1. The van der Waals surface area contributed by atoms with Crippen LogP contribution in [0.25, 0.3) is 39.1 Å².